The van der Waals surface area contributed by atoms with Crippen LogP contribution in [-0.4, -0.2) is 17.9 Å². The molecule has 0 saturated heterocycles. The number of nitrogens with zero attached hydrogens (tertiary/aromatic N) is 2. The number of halogens is 2. The summed E-state index contributed by atoms with van der Waals surface area (Å²) in [5.74, 6) is 0.346. The van der Waals surface area contributed by atoms with Gasteiger partial charge < -0.3 is 10.2 Å². The van der Waals surface area contributed by atoms with Gasteiger partial charge >= 0.3 is 0 Å². The molecule has 3 rings (SSSR count). The molecule has 29 heavy (non-hydrogen) atoms. The van der Waals surface area contributed by atoms with Crippen LogP contribution in [0.5, 0.6) is 0 Å². The van der Waals surface area contributed by atoms with Gasteiger partial charge in [-0.3, -0.25) is 4.79 Å². The fourth-order valence-electron chi connectivity index (χ4n) is 2.91. The lowest BCUT2D eigenvalue weighted by molar-refractivity contribution is 0.102. The quantitative estimate of drug-likeness (QED) is 0.503. The second-order valence-corrected chi connectivity index (χ2v) is 8.63. The molecule has 0 aliphatic heterocycles. The number of amides is 1. The number of aromatic nitrogens is 1. The Labute approximate surface area is 181 Å². The number of nitrogens with one attached hydrogen (secondary N) is 1. The zero-order chi connectivity index (χ0) is 21.2. The lowest BCUT2D eigenvalue weighted by Gasteiger charge is -2.21. The monoisotopic (exact) mass is 427 g/mol. The molecule has 0 spiro atoms. The smallest absolute Gasteiger partial charge is 0.255 e. The van der Waals surface area contributed by atoms with Crippen LogP contribution in [0.15, 0.2) is 60.8 Å². The van der Waals surface area contributed by atoms with Crippen LogP contribution in [0.25, 0.3) is 0 Å². The van der Waals surface area contributed by atoms with Crippen LogP contribution in [0, 0.1) is 0 Å². The summed E-state index contributed by atoms with van der Waals surface area (Å²) in [7, 11) is 1.81. The predicted molar refractivity (Wildman–Crippen MR) is 122 cm³/mol. The number of hydrogen-bond donors (Lipinski definition) is 1. The average molecular weight is 428 g/mol. The highest BCUT2D eigenvalue weighted by Crippen LogP contribution is 2.34. The van der Waals surface area contributed by atoms with Crippen molar-refractivity contribution in [3.63, 3.8) is 0 Å². The average Bonchev–Trinajstić information content (AvgIpc) is 2.68. The number of benzene rings is 2. The molecule has 1 aromatic heterocycles. The lowest BCUT2D eigenvalue weighted by Crippen LogP contribution is -2.16. The SMILES string of the molecule is CN(c1cc(C(=O)Nc2ccc(C(C)(C)C)cc2)ccc1Cl)c1ncccc1Cl. The summed E-state index contributed by atoms with van der Waals surface area (Å²) in [5.41, 5.74) is 3.13. The maximum atomic E-state index is 12.8. The van der Waals surface area contributed by atoms with Crippen LogP contribution >= 0.6 is 23.2 Å². The van der Waals surface area contributed by atoms with Gasteiger partial charge in [0, 0.05) is 24.5 Å². The van der Waals surface area contributed by atoms with E-state index < -0.39 is 0 Å². The number of hydrogen-bond acceptors (Lipinski definition) is 3. The van der Waals surface area contributed by atoms with Crippen LogP contribution in [0.2, 0.25) is 10.0 Å². The Hall–Kier alpha value is -2.56. The molecule has 1 amide bonds. The van der Waals surface area contributed by atoms with Crippen molar-refractivity contribution < 1.29 is 4.79 Å². The van der Waals surface area contributed by atoms with Gasteiger partial charge in [0.15, 0.2) is 5.82 Å². The third kappa shape index (κ3) is 4.89. The number of pyridine rings is 1. The fourth-order valence-corrected chi connectivity index (χ4v) is 3.40. The third-order valence-electron chi connectivity index (χ3n) is 4.64. The van der Waals surface area contributed by atoms with E-state index in [9.17, 15) is 4.79 Å². The molecule has 0 radical (unpaired) electrons. The molecule has 0 aliphatic rings. The molecule has 0 fully saturated rings. The van der Waals surface area contributed by atoms with Crippen LogP contribution in [0.4, 0.5) is 17.2 Å². The van der Waals surface area contributed by atoms with E-state index in [4.69, 9.17) is 23.2 Å². The van der Waals surface area contributed by atoms with Crippen molar-refractivity contribution in [1.29, 1.82) is 0 Å². The largest absolute Gasteiger partial charge is 0.327 e. The summed E-state index contributed by atoms with van der Waals surface area (Å²) < 4.78 is 0. The van der Waals surface area contributed by atoms with E-state index in [0.29, 0.717) is 27.1 Å². The van der Waals surface area contributed by atoms with Gasteiger partial charge in [-0.05, 0) is 53.4 Å². The molecule has 1 N–H and O–H groups in total. The minimum absolute atomic E-state index is 0.0605. The molecular formula is C23H23Cl2N3O. The van der Waals surface area contributed by atoms with Crippen LogP contribution in [0.1, 0.15) is 36.7 Å². The van der Waals surface area contributed by atoms with E-state index in [-0.39, 0.29) is 11.3 Å². The van der Waals surface area contributed by atoms with Gasteiger partial charge in [-0.1, -0.05) is 56.1 Å². The number of carbonyl (C=O) groups excluding carboxylic acids is 1. The first-order valence-electron chi connectivity index (χ1n) is 9.22. The van der Waals surface area contributed by atoms with Gasteiger partial charge in [-0.2, -0.15) is 0 Å². The van der Waals surface area contributed by atoms with Crippen molar-refractivity contribution in [3.05, 3.63) is 82.0 Å². The van der Waals surface area contributed by atoms with Gasteiger partial charge in [-0.25, -0.2) is 4.98 Å². The summed E-state index contributed by atoms with van der Waals surface area (Å²) in [6.45, 7) is 6.46. The summed E-state index contributed by atoms with van der Waals surface area (Å²) >= 11 is 12.6. The van der Waals surface area contributed by atoms with Gasteiger partial charge in [0.25, 0.3) is 5.91 Å². The van der Waals surface area contributed by atoms with E-state index in [1.807, 2.05) is 31.3 Å². The Morgan fingerprint density at radius 2 is 1.69 bits per heavy atom. The molecule has 0 unspecified atom stereocenters. The second kappa shape index (κ2) is 8.44. The molecule has 0 aliphatic carbocycles. The molecule has 2 aromatic carbocycles. The molecule has 4 nitrogen and oxygen atoms in total. The van der Waals surface area contributed by atoms with Crippen molar-refractivity contribution in [2.24, 2.45) is 0 Å². The summed E-state index contributed by atoms with van der Waals surface area (Å²) in [4.78, 5) is 18.8. The zero-order valence-electron chi connectivity index (χ0n) is 16.8. The lowest BCUT2D eigenvalue weighted by atomic mass is 9.87. The number of carbonyl (C=O) groups is 1. The molecule has 0 saturated carbocycles. The van der Waals surface area contributed by atoms with Crippen molar-refractivity contribution in [2.75, 3.05) is 17.3 Å². The molecule has 0 atom stereocenters. The van der Waals surface area contributed by atoms with Crippen molar-refractivity contribution in [3.8, 4) is 0 Å². The van der Waals surface area contributed by atoms with E-state index in [0.717, 1.165) is 5.69 Å². The van der Waals surface area contributed by atoms with Gasteiger partial charge in [0.1, 0.15) is 0 Å². The molecule has 150 valence electrons. The number of rotatable bonds is 4. The molecule has 0 bridgehead atoms. The highest BCUT2D eigenvalue weighted by atomic mass is 35.5. The zero-order valence-corrected chi connectivity index (χ0v) is 18.3. The summed E-state index contributed by atoms with van der Waals surface area (Å²) in [6, 6.07) is 16.5. The van der Waals surface area contributed by atoms with Crippen LogP contribution in [0.3, 0.4) is 0 Å². The van der Waals surface area contributed by atoms with E-state index in [2.05, 4.69) is 31.1 Å². The number of anilines is 3. The Morgan fingerprint density at radius 1 is 1.00 bits per heavy atom. The maximum absolute atomic E-state index is 12.8. The van der Waals surface area contributed by atoms with Gasteiger partial charge in [-0.15, -0.1) is 0 Å². The second-order valence-electron chi connectivity index (χ2n) is 7.82. The standard InChI is InChI=1S/C23H23Cl2N3O/c1-23(2,3)16-8-10-17(11-9-16)27-22(29)15-7-12-18(24)20(14-15)28(4)21-19(25)6-5-13-26-21/h5-14H,1-4H3,(H,27,29). The molecular weight excluding hydrogens is 405 g/mol. The Bertz CT molecular complexity index is 1030. The minimum atomic E-state index is -0.216. The van der Waals surface area contributed by atoms with E-state index >= 15 is 0 Å². The first-order chi connectivity index (χ1) is 13.7. The van der Waals surface area contributed by atoms with Crippen molar-refractivity contribution in [1.82, 2.24) is 4.98 Å². The van der Waals surface area contributed by atoms with Crippen LogP contribution < -0.4 is 10.2 Å². The fraction of sp³-hybridized carbons (Fsp3) is 0.217. The molecule has 3 aromatic rings. The minimum Gasteiger partial charge on any atom is -0.327 e. The topological polar surface area (TPSA) is 45.2 Å². The Morgan fingerprint density at radius 3 is 2.31 bits per heavy atom. The first-order valence-corrected chi connectivity index (χ1v) is 9.98. The summed E-state index contributed by atoms with van der Waals surface area (Å²) in [6.07, 6.45) is 1.66. The Balaban J connectivity index is 1.83. The third-order valence-corrected chi connectivity index (χ3v) is 5.25. The first kappa shape index (κ1) is 21.2. The molecule has 6 heteroatoms. The van der Waals surface area contributed by atoms with Crippen molar-refractivity contribution in [2.45, 2.75) is 26.2 Å². The van der Waals surface area contributed by atoms with Crippen molar-refractivity contribution >= 4 is 46.3 Å². The van der Waals surface area contributed by atoms with E-state index in [1.165, 1.54) is 5.56 Å². The van der Waals surface area contributed by atoms with Gasteiger partial charge in [0.2, 0.25) is 0 Å². The van der Waals surface area contributed by atoms with Gasteiger partial charge in [0.05, 0.1) is 15.7 Å². The van der Waals surface area contributed by atoms with Crippen LogP contribution in [-0.2, 0) is 5.41 Å². The highest BCUT2D eigenvalue weighted by Gasteiger charge is 2.17. The molecule has 1 heterocycles. The normalized spacial score (nSPS) is 11.2. The Kier molecular flexibility index (Phi) is 6.15. The predicted octanol–water partition coefficient (Wildman–Crippen LogP) is 6.71. The highest BCUT2D eigenvalue weighted by molar-refractivity contribution is 6.34. The van der Waals surface area contributed by atoms with E-state index in [1.54, 1.807) is 41.4 Å². The summed E-state index contributed by atoms with van der Waals surface area (Å²) in [5, 5.41) is 3.93. The maximum Gasteiger partial charge on any atom is 0.255 e.